The van der Waals surface area contributed by atoms with E-state index < -0.39 is 5.91 Å². The van der Waals surface area contributed by atoms with Crippen molar-refractivity contribution in [3.05, 3.63) is 53.3 Å². The van der Waals surface area contributed by atoms with Crippen molar-refractivity contribution in [3.63, 3.8) is 0 Å². The van der Waals surface area contributed by atoms with E-state index >= 15 is 0 Å². The highest BCUT2D eigenvalue weighted by Gasteiger charge is 2.40. The van der Waals surface area contributed by atoms with Crippen molar-refractivity contribution >= 4 is 11.9 Å². The standard InChI is InChI=1S/C16H19N5O/c1-11-5-2-3-6-13(11)16(7-4-8-16)20-15-18-9-12(10-19-15)14(22)21-17/h2-3,5-6,9-10H,4,7-8,17H2,1H3,(H,21,22)(H,18,19,20). The van der Waals surface area contributed by atoms with Crippen LogP contribution >= 0.6 is 0 Å². The topological polar surface area (TPSA) is 92.9 Å². The van der Waals surface area contributed by atoms with Gasteiger partial charge in [-0.3, -0.25) is 10.2 Å². The van der Waals surface area contributed by atoms with E-state index in [1.54, 1.807) is 0 Å². The third-order valence-corrected chi connectivity index (χ3v) is 4.26. The first kappa shape index (κ1) is 14.5. The summed E-state index contributed by atoms with van der Waals surface area (Å²) in [5.41, 5.74) is 4.84. The van der Waals surface area contributed by atoms with E-state index in [2.05, 4.69) is 45.8 Å². The number of anilines is 1. The Balaban J connectivity index is 1.84. The van der Waals surface area contributed by atoms with Crippen LogP contribution in [0.15, 0.2) is 36.7 Å². The first-order chi connectivity index (χ1) is 10.6. The normalized spacial score (nSPS) is 15.7. The van der Waals surface area contributed by atoms with Gasteiger partial charge in [0.25, 0.3) is 5.91 Å². The van der Waals surface area contributed by atoms with Crippen molar-refractivity contribution in [1.82, 2.24) is 15.4 Å². The average Bonchev–Trinajstić information content (AvgIpc) is 2.51. The molecule has 114 valence electrons. The molecule has 2 aromatic rings. The fourth-order valence-electron chi connectivity index (χ4n) is 2.91. The minimum Gasteiger partial charge on any atom is -0.345 e. The number of nitrogens with zero attached hydrogens (tertiary/aromatic N) is 2. The van der Waals surface area contributed by atoms with Gasteiger partial charge in [-0.1, -0.05) is 24.3 Å². The van der Waals surface area contributed by atoms with Gasteiger partial charge in [0.2, 0.25) is 5.95 Å². The van der Waals surface area contributed by atoms with Crippen molar-refractivity contribution in [2.45, 2.75) is 31.7 Å². The van der Waals surface area contributed by atoms with Gasteiger partial charge in [0, 0.05) is 12.4 Å². The second-order valence-corrected chi connectivity index (χ2v) is 5.64. The predicted molar refractivity (Wildman–Crippen MR) is 84.0 cm³/mol. The summed E-state index contributed by atoms with van der Waals surface area (Å²) in [7, 11) is 0. The second-order valence-electron chi connectivity index (χ2n) is 5.64. The van der Waals surface area contributed by atoms with Crippen molar-refractivity contribution in [2.75, 3.05) is 5.32 Å². The number of rotatable bonds is 4. The number of benzene rings is 1. The van der Waals surface area contributed by atoms with Crippen LogP contribution in [0.5, 0.6) is 0 Å². The van der Waals surface area contributed by atoms with Crippen LogP contribution in [-0.4, -0.2) is 15.9 Å². The minimum absolute atomic E-state index is 0.108. The molecule has 0 atom stereocenters. The van der Waals surface area contributed by atoms with E-state index in [1.165, 1.54) is 29.9 Å². The Labute approximate surface area is 129 Å². The van der Waals surface area contributed by atoms with Crippen LogP contribution in [0.4, 0.5) is 5.95 Å². The van der Waals surface area contributed by atoms with Crippen LogP contribution in [0.2, 0.25) is 0 Å². The largest absolute Gasteiger partial charge is 0.345 e. The summed E-state index contributed by atoms with van der Waals surface area (Å²) in [5.74, 6) is 5.22. The van der Waals surface area contributed by atoms with Gasteiger partial charge < -0.3 is 5.32 Å². The molecular formula is C16H19N5O. The summed E-state index contributed by atoms with van der Waals surface area (Å²) in [4.78, 5) is 19.9. The predicted octanol–water partition coefficient (Wildman–Crippen LogP) is 1.88. The summed E-state index contributed by atoms with van der Waals surface area (Å²) in [5, 5.41) is 3.45. The molecule has 6 heteroatoms. The molecule has 4 N–H and O–H groups in total. The minimum atomic E-state index is -0.399. The Hall–Kier alpha value is -2.47. The maximum absolute atomic E-state index is 11.4. The number of aryl methyl sites for hydroxylation is 1. The van der Waals surface area contributed by atoms with E-state index in [0.717, 1.165) is 12.8 Å². The molecule has 1 aromatic heterocycles. The van der Waals surface area contributed by atoms with E-state index in [4.69, 9.17) is 5.84 Å². The number of hydrogen-bond donors (Lipinski definition) is 3. The molecule has 3 rings (SSSR count). The highest BCUT2D eigenvalue weighted by Crippen LogP contribution is 2.44. The maximum atomic E-state index is 11.4. The van der Waals surface area contributed by atoms with Gasteiger partial charge in [0.15, 0.2) is 0 Å². The molecular weight excluding hydrogens is 278 g/mol. The number of carbonyl (C=O) groups is 1. The third-order valence-electron chi connectivity index (χ3n) is 4.26. The molecule has 0 spiro atoms. The molecule has 0 aliphatic heterocycles. The van der Waals surface area contributed by atoms with Gasteiger partial charge in [-0.05, 0) is 37.3 Å². The van der Waals surface area contributed by atoms with Crippen LogP contribution in [-0.2, 0) is 5.54 Å². The lowest BCUT2D eigenvalue weighted by atomic mass is 9.70. The number of carbonyl (C=O) groups excluding carboxylic acids is 1. The Morgan fingerprint density at radius 3 is 2.45 bits per heavy atom. The maximum Gasteiger partial charge on any atom is 0.268 e. The quantitative estimate of drug-likeness (QED) is 0.455. The molecule has 1 amide bonds. The Morgan fingerprint density at radius 1 is 1.23 bits per heavy atom. The number of amides is 1. The van der Waals surface area contributed by atoms with Gasteiger partial charge in [-0.2, -0.15) is 0 Å². The zero-order valence-electron chi connectivity index (χ0n) is 12.5. The monoisotopic (exact) mass is 297 g/mol. The summed E-state index contributed by atoms with van der Waals surface area (Å²) < 4.78 is 0. The number of nitrogens with one attached hydrogen (secondary N) is 2. The molecule has 0 saturated heterocycles. The highest BCUT2D eigenvalue weighted by molar-refractivity contribution is 5.93. The van der Waals surface area contributed by atoms with E-state index in [1.807, 2.05) is 6.07 Å². The summed E-state index contributed by atoms with van der Waals surface area (Å²) >= 11 is 0. The van der Waals surface area contributed by atoms with Crippen LogP contribution in [0.1, 0.15) is 40.7 Å². The molecule has 1 fully saturated rings. The van der Waals surface area contributed by atoms with Crippen LogP contribution in [0.3, 0.4) is 0 Å². The summed E-state index contributed by atoms with van der Waals surface area (Å²) in [6.45, 7) is 2.12. The SMILES string of the molecule is Cc1ccccc1C1(Nc2ncc(C(=O)NN)cn2)CCC1. The number of hydrazine groups is 1. The van der Waals surface area contributed by atoms with E-state index in [-0.39, 0.29) is 5.54 Å². The molecule has 0 radical (unpaired) electrons. The van der Waals surface area contributed by atoms with Crippen LogP contribution < -0.4 is 16.6 Å². The van der Waals surface area contributed by atoms with Gasteiger partial charge in [-0.25, -0.2) is 15.8 Å². The molecule has 1 heterocycles. The van der Waals surface area contributed by atoms with Crippen molar-refractivity contribution < 1.29 is 4.79 Å². The highest BCUT2D eigenvalue weighted by atomic mass is 16.2. The lowest BCUT2D eigenvalue weighted by Crippen LogP contribution is -2.43. The second kappa shape index (κ2) is 5.73. The number of nitrogens with two attached hydrogens (primary N) is 1. The van der Waals surface area contributed by atoms with Crippen molar-refractivity contribution in [1.29, 1.82) is 0 Å². The fraction of sp³-hybridized carbons (Fsp3) is 0.312. The van der Waals surface area contributed by atoms with Gasteiger partial charge in [0.05, 0.1) is 11.1 Å². The molecule has 0 unspecified atom stereocenters. The lowest BCUT2D eigenvalue weighted by molar-refractivity contribution is 0.0953. The zero-order valence-corrected chi connectivity index (χ0v) is 12.5. The third kappa shape index (κ3) is 2.53. The molecule has 1 saturated carbocycles. The smallest absolute Gasteiger partial charge is 0.268 e. The molecule has 1 aromatic carbocycles. The van der Waals surface area contributed by atoms with E-state index in [9.17, 15) is 4.79 Å². The molecule has 0 bridgehead atoms. The first-order valence-electron chi connectivity index (χ1n) is 7.32. The first-order valence-corrected chi connectivity index (χ1v) is 7.32. The fourth-order valence-corrected chi connectivity index (χ4v) is 2.91. The van der Waals surface area contributed by atoms with E-state index in [0.29, 0.717) is 11.5 Å². The summed E-state index contributed by atoms with van der Waals surface area (Å²) in [6, 6.07) is 8.37. The number of aromatic nitrogens is 2. The number of nitrogen functional groups attached to an aromatic ring is 1. The van der Waals surface area contributed by atoms with Crippen molar-refractivity contribution in [2.24, 2.45) is 5.84 Å². The van der Waals surface area contributed by atoms with Gasteiger partial charge in [-0.15, -0.1) is 0 Å². The molecule has 22 heavy (non-hydrogen) atoms. The van der Waals surface area contributed by atoms with Crippen LogP contribution in [0, 0.1) is 6.92 Å². The Kier molecular flexibility index (Phi) is 3.77. The lowest BCUT2D eigenvalue weighted by Gasteiger charge is -2.44. The van der Waals surface area contributed by atoms with Crippen LogP contribution in [0.25, 0.3) is 0 Å². The summed E-state index contributed by atoms with van der Waals surface area (Å²) in [6.07, 6.45) is 6.22. The Morgan fingerprint density at radius 2 is 1.91 bits per heavy atom. The number of hydrogen-bond acceptors (Lipinski definition) is 5. The van der Waals surface area contributed by atoms with Gasteiger partial charge in [0.1, 0.15) is 0 Å². The van der Waals surface area contributed by atoms with Crippen molar-refractivity contribution in [3.8, 4) is 0 Å². The van der Waals surface area contributed by atoms with Gasteiger partial charge >= 0.3 is 0 Å². The average molecular weight is 297 g/mol. The molecule has 1 aliphatic carbocycles. The Bertz CT molecular complexity index is 679. The molecule has 1 aliphatic rings. The zero-order chi connectivity index (χ0) is 15.6. The molecule has 6 nitrogen and oxygen atoms in total.